The van der Waals surface area contributed by atoms with E-state index in [1.54, 1.807) is 0 Å². The Labute approximate surface area is 125 Å². The molecule has 3 rings (SSSR count). The minimum absolute atomic E-state index is 0.121. The maximum Gasteiger partial charge on any atom is 0.131 e. The molecule has 1 aromatic carbocycles. The van der Waals surface area contributed by atoms with E-state index in [0.29, 0.717) is 0 Å². The lowest BCUT2D eigenvalue weighted by atomic mass is 10.1. The van der Waals surface area contributed by atoms with Crippen LogP contribution < -0.4 is 5.32 Å². The molecule has 2 heterocycles. The normalized spacial score (nSPS) is 17.2. The number of pyridine rings is 1. The van der Waals surface area contributed by atoms with Crippen molar-refractivity contribution < 1.29 is 5.11 Å². The van der Waals surface area contributed by atoms with Crippen LogP contribution in [0.15, 0.2) is 30.3 Å². The van der Waals surface area contributed by atoms with Crippen molar-refractivity contribution in [1.82, 2.24) is 9.88 Å². The molecule has 2 N–H and O–H groups in total. The number of aliphatic hydroxyl groups excluding tert-OH is 1. The summed E-state index contributed by atoms with van der Waals surface area (Å²) in [4.78, 5) is 7.16. The molecule has 0 saturated carbocycles. The smallest absolute Gasteiger partial charge is 0.131 e. The monoisotopic (exact) mass is 285 g/mol. The van der Waals surface area contributed by atoms with Gasteiger partial charge in [-0.1, -0.05) is 18.2 Å². The second kappa shape index (κ2) is 6.41. The average Bonchev–Trinajstić information content (AvgIpc) is 2.50. The highest BCUT2D eigenvalue weighted by atomic mass is 16.3. The summed E-state index contributed by atoms with van der Waals surface area (Å²) < 4.78 is 0. The number of nitrogens with one attached hydrogen (secondary N) is 1. The van der Waals surface area contributed by atoms with E-state index in [1.165, 1.54) is 10.9 Å². The molecule has 1 saturated heterocycles. The maximum absolute atomic E-state index is 9.62. The molecule has 112 valence electrons. The summed E-state index contributed by atoms with van der Waals surface area (Å²) in [6, 6.07) is 10.5. The standard InChI is InChI=1S/C17H23N3O/c1-2-18-17-14(12-20-9-7-15(21)8-10-20)11-13-5-3-4-6-16(13)19-17/h3-6,11,15,21H,2,7-10,12H2,1H3,(H,18,19). The predicted octanol–water partition coefficient (Wildman–Crippen LogP) is 2.62. The highest BCUT2D eigenvalue weighted by molar-refractivity contribution is 5.81. The molecule has 0 amide bonds. The van der Waals surface area contributed by atoms with Crippen molar-refractivity contribution in [3.8, 4) is 0 Å². The molecule has 0 bridgehead atoms. The predicted molar refractivity (Wildman–Crippen MR) is 86.4 cm³/mol. The average molecular weight is 285 g/mol. The molecule has 1 aliphatic heterocycles. The van der Waals surface area contributed by atoms with Gasteiger partial charge in [-0.25, -0.2) is 4.98 Å². The van der Waals surface area contributed by atoms with Gasteiger partial charge in [0.05, 0.1) is 11.6 Å². The third-order valence-electron chi connectivity index (χ3n) is 4.10. The number of benzene rings is 1. The Bertz CT molecular complexity index is 606. The van der Waals surface area contributed by atoms with E-state index in [4.69, 9.17) is 4.98 Å². The lowest BCUT2D eigenvalue weighted by Gasteiger charge is -2.30. The summed E-state index contributed by atoms with van der Waals surface area (Å²) in [6.45, 7) is 5.78. The van der Waals surface area contributed by atoms with Crippen molar-refractivity contribution in [2.24, 2.45) is 0 Å². The highest BCUT2D eigenvalue weighted by Crippen LogP contribution is 2.23. The van der Waals surface area contributed by atoms with Crippen LogP contribution in [0.2, 0.25) is 0 Å². The van der Waals surface area contributed by atoms with E-state index in [2.05, 4.69) is 41.4 Å². The molecule has 0 spiro atoms. The van der Waals surface area contributed by atoms with Gasteiger partial charge in [-0.05, 0) is 31.9 Å². The zero-order valence-electron chi connectivity index (χ0n) is 12.5. The number of piperidine rings is 1. The van der Waals surface area contributed by atoms with Crippen LogP contribution in [-0.2, 0) is 6.54 Å². The minimum atomic E-state index is -0.121. The van der Waals surface area contributed by atoms with Crippen LogP contribution >= 0.6 is 0 Å². The van der Waals surface area contributed by atoms with Crippen LogP contribution in [0.4, 0.5) is 5.82 Å². The summed E-state index contributed by atoms with van der Waals surface area (Å²) in [7, 11) is 0. The number of hydrogen-bond acceptors (Lipinski definition) is 4. The van der Waals surface area contributed by atoms with Gasteiger partial charge in [-0.2, -0.15) is 0 Å². The third kappa shape index (κ3) is 3.34. The Morgan fingerprint density at radius 2 is 2.05 bits per heavy atom. The quantitative estimate of drug-likeness (QED) is 0.906. The maximum atomic E-state index is 9.62. The fourth-order valence-corrected chi connectivity index (χ4v) is 2.92. The third-order valence-corrected chi connectivity index (χ3v) is 4.10. The Morgan fingerprint density at radius 3 is 2.81 bits per heavy atom. The van der Waals surface area contributed by atoms with Gasteiger partial charge in [0.2, 0.25) is 0 Å². The lowest BCUT2D eigenvalue weighted by Crippen LogP contribution is -2.35. The Hall–Kier alpha value is -1.65. The van der Waals surface area contributed by atoms with Crippen molar-refractivity contribution in [3.63, 3.8) is 0 Å². The zero-order valence-corrected chi connectivity index (χ0v) is 12.5. The summed E-state index contributed by atoms with van der Waals surface area (Å²) >= 11 is 0. The van der Waals surface area contributed by atoms with Crippen LogP contribution in [0.3, 0.4) is 0 Å². The van der Waals surface area contributed by atoms with Crippen molar-refractivity contribution in [3.05, 3.63) is 35.9 Å². The van der Waals surface area contributed by atoms with Crippen LogP contribution in [0.25, 0.3) is 10.9 Å². The first-order chi connectivity index (χ1) is 10.3. The molecular weight excluding hydrogens is 262 g/mol. The summed E-state index contributed by atoms with van der Waals surface area (Å²) in [5, 5.41) is 14.2. The molecule has 1 fully saturated rings. The van der Waals surface area contributed by atoms with Crippen molar-refractivity contribution in [1.29, 1.82) is 0 Å². The van der Waals surface area contributed by atoms with Crippen molar-refractivity contribution in [2.45, 2.75) is 32.4 Å². The number of rotatable bonds is 4. The Kier molecular flexibility index (Phi) is 4.36. The van der Waals surface area contributed by atoms with Crippen LogP contribution in [0, 0.1) is 0 Å². The van der Waals surface area contributed by atoms with E-state index in [0.717, 1.165) is 50.4 Å². The molecule has 21 heavy (non-hydrogen) atoms. The van der Waals surface area contributed by atoms with Gasteiger partial charge < -0.3 is 10.4 Å². The fraction of sp³-hybridized carbons (Fsp3) is 0.471. The Morgan fingerprint density at radius 1 is 1.29 bits per heavy atom. The van der Waals surface area contributed by atoms with E-state index in [-0.39, 0.29) is 6.10 Å². The second-order valence-corrected chi connectivity index (χ2v) is 5.73. The van der Waals surface area contributed by atoms with Crippen LogP contribution in [0.5, 0.6) is 0 Å². The number of likely N-dealkylation sites (tertiary alicyclic amines) is 1. The second-order valence-electron chi connectivity index (χ2n) is 5.73. The van der Waals surface area contributed by atoms with Gasteiger partial charge in [0.15, 0.2) is 0 Å². The molecule has 4 heteroatoms. The molecular formula is C17H23N3O. The zero-order chi connectivity index (χ0) is 14.7. The SMILES string of the molecule is CCNc1nc2ccccc2cc1CN1CCC(O)CC1. The van der Waals surface area contributed by atoms with E-state index >= 15 is 0 Å². The minimum Gasteiger partial charge on any atom is -0.393 e. The number of para-hydroxylation sites is 1. The number of aromatic nitrogens is 1. The number of nitrogens with zero attached hydrogens (tertiary/aromatic N) is 2. The van der Waals surface area contributed by atoms with Crippen molar-refractivity contribution in [2.75, 3.05) is 25.0 Å². The summed E-state index contributed by atoms with van der Waals surface area (Å²) in [6.07, 6.45) is 1.62. The topological polar surface area (TPSA) is 48.4 Å². The van der Waals surface area contributed by atoms with Crippen molar-refractivity contribution >= 4 is 16.7 Å². The number of anilines is 1. The highest BCUT2D eigenvalue weighted by Gasteiger charge is 2.18. The van der Waals surface area contributed by atoms with Gasteiger partial charge in [0, 0.05) is 37.1 Å². The van der Waals surface area contributed by atoms with E-state index in [9.17, 15) is 5.11 Å². The molecule has 1 aromatic heterocycles. The van der Waals surface area contributed by atoms with Gasteiger partial charge in [0.1, 0.15) is 5.82 Å². The molecule has 0 unspecified atom stereocenters. The van der Waals surface area contributed by atoms with E-state index < -0.39 is 0 Å². The molecule has 4 nitrogen and oxygen atoms in total. The first-order valence-electron chi connectivity index (χ1n) is 7.79. The first-order valence-corrected chi connectivity index (χ1v) is 7.79. The first kappa shape index (κ1) is 14.3. The number of aliphatic hydroxyl groups is 1. The van der Waals surface area contributed by atoms with Gasteiger partial charge in [-0.3, -0.25) is 4.90 Å². The lowest BCUT2D eigenvalue weighted by molar-refractivity contribution is 0.0793. The molecule has 1 aliphatic rings. The summed E-state index contributed by atoms with van der Waals surface area (Å²) in [5.74, 6) is 0.988. The van der Waals surface area contributed by atoms with E-state index in [1.807, 2.05) is 6.07 Å². The molecule has 0 aliphatic carbocycles. The molecule has 0 atom stereocenters. The summed E-state index contributed by atoms with van der Waals surface area (Å²) in [5.41, 5.74) is 2.28. The van der Waals surface area contributed by atoms with Gasteiger partial charge >= 0.3 is 0 Å². The molecule has 2 aromatic rings. The van der Waals surface area contributed by atoms with Crippen LogP contribution in [0.1, 0.15) is 25.3 Å². The molecule has 0 radical (unpaired) electrons. The van der Waals surface area contributed by atoms with Gasteiger partial charge in [0.25, 0.3) is 0 Å². The van der Waals surface area contributed by atoms with Gasteiger partial charge in [-0.15, -0.1) is 0 Å². The fourth-order valence-electron chi connectivity index (χ4n) is 2.92. The number of fused-ring (bicyclic) bond motifs is 1. The van der Waals surface area contributed by atoms with Crippen LogP contribution in [-0.4, -0.2) is 40.7 Å². The number of hydrogen-bond donors (Lipinski definition) is 2. The largest absolute Gasteiger partial charge is 0.393 e. The Balaban J connectivity index is 1.86.